The average molecular weight is 500 g/mol. The van der Waals surface area contributed by atoms with Crippen molar-refractivity contribution in [2.24, 2.45) is 5.41 Å². The number of methoxy groups -OCH3 is 1. The fourth-order valence-electron chi connectivity index (χ4n) is 4.92. The van der Waals surface area contributed by atoms with Crippen molar-refractivity contribution in [3.05, 3.63) is 53.0 Å². The first-order chi connectivity index (χ1) is 16.5. The summed E-state index contributed by atoms with van der Waals surface area (Å²) in [5.74, 6) is 1.64. The van der Waals surface area contributed by atoms with Crippen LogP contribution in [-0.2, 0) is 11.2 Å². The third-order valence-corrected chi connectivity index (χ3v) is 9.14. The van der Waals surface area contributed by atoms with Gasteiger partial charge in [-0.25, -0.2) is 5.48 Å². The molecule has 1 fully saturated rings. The topological polar surface area (TPSA) is 74.7 Å². The number of amides is 1. The van der Waals surface area contributed by atoms with E-state index in [1.54, 1.807) is 18.4 Å². The van der Waals surface area contributed by atoms with E-state index in [0.29, 0.717) is 0 Å². The predicted octanol–water partition coefficient (Wildman–Crippen LogP) is 5.32. The Labute approximate surface area is 209 Å². The third-order valence-electron chi connectivity index (χ3n) is 7.03. The minimum absolute atomic E-state index is 0.238. The summed E-state index contributed by atoms with van der Waals surface area (Å²) in [5.41, 5.74) is 4.82. The Bertz CT molecular complexity index is 1100. The SMILES string of the molecule is COc1ccc2ncc(C)c(CCCC3(C(=O)NO)CCN(CCSc4cccs4)CC3)c2c1. The quantitative estimate of drug-likeness (QED) is 0.224. The minimum Gasteiger partial charge on any atom is -0.497 e. The molecule has 3 heterocycles. The number of hydrogen-bond acceptors (Lipinski definition) is 7. The molecule has 6 nitrogen and oxygen atoms in total. The second kappa shape index (κ2) is 11.5. The number of benzene rings is 1. The Hall–Kier alpha value is -2.13. The lowest BCUT2D eigenvalue weighted by Crippen LogP contribution is -2.48. The number of pyridine rings is 1. The predicted molar refractivity (Wildman–Crippen MR) is 139 cm³/mol. The molecule has 8 heteroatoms. The van der Waals surface area contributed by atoms with Crippen LogP contribution < -0.4 is 10.2 Å². The van der Waals surface area contributed by atoms with Crippen LogP contribution in [0.5, 0.6) is 5.75 Å². The number of hydrogen-bond donors (Lipinski definition) is 2. The molecule has 0 unspecified atom stereocenters. The molecule has 34 heavy (non-hydrogen) atoms. The molecule has 182 valence electrons. The first-order valence-corrected chi connectivity index (χ1v) is 13.7. The smallest absolute Gasteiger partial charge is 0.249 e. The number of carbonyl (C=O) groups excluding carboxylic acids is 1. The number of piperidine rings is 1. The second-order valence-corrected chi connectivity index (χ2v) is 11.3. The highest BCUT2D eigenvalue weighted by Crippen LogP contribution is 2.38. The molecule has 2 N–H and O–H groups in total. The van der Waals surface area contributed by atoms with E-state index in [4.69, 9.17) is 4.74 Å². The number of aromatic nitrogens is 1. The highest BCUT2D eigenvalue weighted by molar-refractivity contribution is 8.01. The van der Waals surface area contributed by atoms with Crippen molar-refractivity contribution in [1.29, 1.82) is 0 Å². The minimum atomic E-state index is -0.513. The van der Waals surface area contributed by atoms with Gasteiger partial charge in [-0.2, -0.15) is 0 Å². The van der Waals surface area contributed by atoms with Crippen molar-refractivity contribution in [3.63, 3.8) is 0 Å². The summed E-state index contributed by atoms with van der Waals surface area (Å²) >= 11 is 3.67. The Morgan fingerprint density at radius 3 is 2.85 bits per heavy atom. The van der Waals surface area contributed by atoms with Crippen LogP contribution in [0.4, 0.5) is 0 Å². The van der Waals surface area contributed by atoms with Crippen molar-refractivity contribution in [1.82, 2.24) is 15.4 Å². The number of hydroxylamine groups is 1. The average Bonchev–Trinajstić information content (AvgIpc) is 3.39. The fourth-order valence-corrected chi connectivity index (χ4v) is 6.79. The lowest BCUT2D eigenvalue weighted by atomic mass is 9.73. The Morgan fingerprint density at radius 2 is 2.15 bits per heavy atom. The third kappa shape index (κ3) is 5.74. The number of rotatable bonds is 10. The van der Waals surface area contributed by atoms with Crippen molar-refractivity contribution < 1.29 is 14.7 Å². The Balaban J connectivity index is 1.37. The van der Waals surface area contributed by atoms with Gasteiger partial charge in [-0.15, -0.1) is 23.1 Å². The first kappa shape index (κ1) is 25.0. The van der Waals surface area contributed by atoms with Crippen molar-refractivity contribution in [2.75, 3.05) is 32.5 Å². The summed E-state index contributed by atoms with van der Waals surface area (Å²) in [6.07, 6.45) is 5.95. The van der Waals surface area contributed by atoms with Crippen LogP contribution in [0.1, 0.15) is 36.8 Å². The van der Waals surface area contributed by atoms with Crippen LogP contribution in [0.2, 0.25) is 0 Å². The number of aryl methyl sites for hydroxylation is 2. The van der Waals surface area contributed by atoms with E-state index in [-0.39, 0.29) is 5.91 Å². The van der Waals surface area contributed by atoms with Gasteiger partial charge in [-0.05, 0) is 92.9 Å². The zero-order chi connectivity index (χ0) is 24.0. The standard InChI is InChI=1S/C26H33N3O3S2/c1-19-18-27-23-8-7-20(32-2)17-22(23)21(19)5-3-9-26(25(30)28-31)10-12-29(13-11-26)14-16-34-24-6-4-15-33-24/h4,6-8,15,17-18,31H,3,5,9-14,16H2,1-2H3,(H,28,30). The maximum atomic E-state index is 12.8. The number of thioether (sulfide) groups is 1. The number of likely N-dealkylation sites (tertiary alicyclic amines) is 1. The second-order valence-electron chi connectivity index (χ2n) is 9.00. The monoisotopic (exact) mass is 499 g/mol. The zero-order valence-electron chi connectivity index (χ0n) is 19.9. The molecule has 0 bridgehead atoms. The normalized spacial score (nSPS) is 16.0. The van der Waals surface area contributed by atoms with Gasteiger partial charge >= 0.3 is 0 Å². The summed E-state index contributed by atoms with van der Waals surface area (Å²) in [5, 5.41) is 12.7. The van der Waals surface area contributed by atoms with Crippen LogP contribution in [0.3, 0.4) is 0 Å². The van der Waals surface area contributed by atoms with Gasteiger partial charge in [0, 0.05) is 23.9 Å². The molecule has 3 aromatic rings. The lowest BCUT2D eigenvalue weighted by molar-refractivity contribution is -0.143. The van der Waals surface area contributed by atoms with Gasteiger partial charge in [0.1, 0.15) is 5.75 Å². The van der Waals surface area contributed by atoms with E-state index < -0.39 is 5.41 Å². The zero-order valence-corrected chi connectivity index (χ0v) is 21.5. The molecule has 0 saturated carbocycles. The van der Waals surface area contributed by atoms with Gasteiger partial charge in [0.15, 0.2) is 0 Å². The lowest BCUT2D eigenvalue weighted by Gasteiger charge is -2.40. The molecule has 1 amide bonds. The van der Waals surface area contributed by atoms with E-state index in [1.165, 1.54) is 9.77 Å². The van der Waals surface area contributed by atoms with Crippen LogP contribution in [0, 0.1) is 12.3 Å². The number of carbonyl (C=O) groups is 1. The van der Waals surface area contributed by atoms with Gasteiger partial charge in [-0.1, -0.05) is 6.07 Å². The van der Waals surface area contributed by atoms with E-state index >= 15 is 0 Å². The van der Waals surface area contributed by atoms with Crippen molar-refractivity contribution >= 4 is 39.9 Å². The maximum absolute atomic E-state index is 12.8. The Morgan fingerprint density at radius 1 is 1.32 bits per heavy atom. The summed E-state index contributed by atoms with van der Waals surface area (Å²) in [6.45, 7) is 4.87. The molecular formula is C26H33N3O3S2. The molecule has 2 aromatic heterocycles. The highest BCUT2D eigenvalue weighted by Gasteiger charge is 2.40. The van der Waals surface area contributed by atoms with E-state index in [1.807, 2.05) is 41.6 Å². The summed E-state index contributed by atoms with van der Waals surface area (Å²) < 4.78 is 6.77. The fraction of sp³-hybridized carbons (Fsp3) is 0.462. The molecular weight excluding hydrogens is 466 g/mol. The van der Waals surface area contributed by atoms with Crippen LogP contribution in [0.25, 0.3) is 10.9 Å². The van der Waals surface area contributed by atoms with Gasteiger partial charge in [0.25, 0.3) is 0 Å². The van der Waals surface area contributed by atoms with Crippen molar-refractivity contribution in [2.45, 2.75) is 43.2 Å². The van der Waals surface area contributed by atoms with Gasteiger partial charge in [-0.3, -0.25) is 15.0 Å². The Kier molecular flexibility index (Phi) is 8.47. The molecule has 1 saturated heterocycles. The van der Waals surface area contributed by atoms with Crippen LogP contribution in [0.15, 0.2) is 46.1 Å². The largest absolute Gasteiger partial charge is 0.497 e. The molecule has 0 aliphatic carbocycles. The summed E-state index contributed by atoms with van der Waals surface area (Å²) in [7, 11) is 1.68. The number of nitrogens with one attached hydrogen (secondary N) is 1. The molecule has 1 aromatic carbocycles. The molecule has 0 spiro atoms. The van der Waals surface area contributed by atoms with E-state index in [9.17, 15) is 10.0 Å². The van der Waals surface area contributed by atoms with E-state index in [0.717, 1.165) is 79.7 Å². The van der Waals surface area contributed by atoms with Crippen LogP contribution in [-0.4, -0.2) is 53.5 Å². The molecule has 0 radical (unpaired) electrons. The van der Waals surface area contributed by atoms with E-state index in [2.05, 4.69) is 34.3 Å². The molecule has 1 aliphatic heterocycles. The van der Waals surface area contributed by atoms with Gasteiger partial charge in [0.05, 0.1) is 22.3 Å². The highest BCUT2D eigenvalue weighted by atomic mass is 32.2. The van der Waals surface area contributed by atoms with Gasteiger partial charge in [0.2, 0.25) is 5.91 Å². The first-order valence-electron chi connectivity index (χ1n) is 11.8. The molecule has 0 atom stereocenters. The number of nitrogens with zero attached hydrogens (tertiary/aromatic N) is 2. The number of ether oxygens (including phenoxy) is 1. The number of thiophene rings is 1. The maximum Gasteiger partial charge on any atom is 0.249 e. The van der Waals surface area contributed by atoms with Crippen molar-refractivity contribution in [3.8, 4) is 5.75 Å². The summed E-state index contributed by atoms with van der Waals surface area (Å²) in [4.78, 5) is 19.8. The molecule has 1 aliphatic rings. The summed E-state index contributed by atoms with van der Waals surface area (Å²) in [6, 6.07) is 10.2. The van der Waals surface area contributed by atoms with Crippen LogP contribution >= 0.6 is 23.1 Å². The number of fused-ring (bicyclic) bond motifs is 1. The van der Waals surface area contributed by atoms with Gasteiger partial charge < -0.3 is 9.64 Å². The molecule has 4 rings (SSSR count).